The SMILES string of the molecule is CC(C)(O)c1ccc(Cc2cc3c(=O)n(C4CCOCC4O)cnc3c3ccccc23)cn1. The standard InChI is InChI=1S/C26H27N3O4/c1-26(2,32)23-8-7-16(13-27-23)11-17-12-20-24(19-6-4-3-5-18(17)19)28-15-29(25(20)31)21-9-10-33-14-22(21)30/h3-8,12-13,15,21-22,30,32H,9-11,14H2,1-2H3. The lowest BCUT2D eigenvalue weighted by molar-refractivity contribution is -0.0395. The first-order chi connectivity index (χ1) is 15.8. The van der Waals surface area contributed by atoms with E-state index in [2.05, 4.69) is 9.97 Å². The number of aromatic nitrogens is 3. The second kappa shape index (κ2) is 8.33. The highest BCUT2D eigenvalue weighted by Crippen LogP contribution is 2.29. The first kappa shape index (κ1) is 21.7. The van der Waals surface area contributed by atoms with Gasteiger partial charge in [-0.05, 0) is 55.3 Å². The predicted molar refractivity (Wildman–Crippen MR) is 126 cm³/mol. The van der Waals surface area contributed by atoms with Crippen LogP contribution in [0.25, 0.3) is 21.7 Å². The van der Waals surface area contributed by atoms with Gasteiger partial charge in [0.25, 0.3) is 5.56 Å². The van der Waals surface area contributed by atoms with Crippen LogP contribution in [0.4, 0.5) is 0 Å². The zero-order valence-electron chi connectivity index (χ0n) is 18.7. The van der Waals surface area contributed by atoms with Gasteiger partial charge in [-0.15, -0.1) is 0 Å². The number of benzene rings is 2. The summed E-state index contributed by atoms with van der Waals surface area (Å²) in [7, 11) is 0. The molecular formula is C26H27N3O4. The normalized spacial score (nSPS) is 19.3. The fourth-order valence-electron chi connectivity index (χ4n) is 4.58. The Bertz CT molecular complexity index is 1370. The highest BCUT2D eigenvalue weighted by molar-refractivity contribution is 6.06. The quantitative estimate of drug-likeness (QED) is 0.469. The predicted octanol–water partition coefficient (Wildman–Crippen LogP) is 3.09. The van der Waals surface area contributed by atoms with E-state index in [1.807, 2.05) is 42.5 Å². The van der Waals surface area contributed by atoms with E-state index in [9.17, 15) is 15.0 Å². The number of hydrogen-bond acceptors (Lipinski definition) is 6. The monoisotopic (exact) mass is 445 g/mol. The van der Waals surface area contributed by atoms with Gasteiger partial charge in [-0.2, -0.15) is 0 Å². The molecule has 5 rings (SSSR count). The number of pyridine rings is 1. The van der Waals surface area contributed by atoms with Gasteiger partial charge < -0.3 is 14.9 Å². The number of aliphatic hydroxyl groups is 2. The Morgan fingerprint density at radius 3 is 2.61 bits per heavy atom. The number of rotatable bonds is 4. The zero-order valence-corrected chi connectivity index (χ0v) is 18.7. The lowest BCUT2D eigenvalue weighted by Crippen LogP contribution is -2.39. The summed E-state index contributed by atoms with van der Waals surface area (Å²) >= 11 is 0. The molecule has 2 atom stereocenters. The molecule has 33 heavy (non-hydrogen) atoms. The van der Waals surface area contributed by atoms with Gasteiger partial charge in [0.15, 0.2) is 0 Å². The molecule has 0 aliphatic carbocycles. The van der Waals surface area contributed by atoms with Crippen LogP contribution in [0.2, 0.25) is 0 Å². The molecule has 0 amide bonds. The fourth-order valence-corrected chi connectivity index (χ4v) is 4.58. The van der Waals surface area contributed by atoms with Crippen LogP contribution in [-0.4, -0.2) is 44.1 Å². The van der Waals surface area contributed by atoms with E-state index in [0.29, 0.717) is 36.0 Å². The van der Waals surface area contributed by atoms with Crippen LogP contribution < -0.4 is 5.56 Å². The second-order valence-corrected chi connectivity index (χ2v) is 9.22. The van der Waals surface area contributed by atoms with Gasteiger partial charge in [0.05, 0.1) is 41.7 Å². The molecule has 0 bridgehead atoms. The molecule has 170 valence electrons. The van der Waals surface area contributed by atoms with E-state index in [0.717, 1.165) is 21.9 Å². The van der Waals surface area contributed by atoms with Crippen molar-refractivity contribution in [2.45, 2.75) is 44.4 Å². The smallest absolute Gasteiger partial charge is 0.261 e. The van der Waals surface area contributed by atoms with Gasteiger partial charge in [0, 0.05) is 18.2 Å². The lowest BCUT2D eigenvalue weighted by atomic mass is 9.95. The van der Waals surface area contributed by atoms with E-state index in [4.69, 9.17) is 4.74 Å². The number of nitrogens with zero attached hydrogens (tertiary/aromatic N) is 3. The maximum absolute atomic E-state index is 13.5. The Morgan fingerprint density at radius 1 is 1.12 bits per heavy atom. The summed E-state index contributed by atoms with van der Waals surface area (Å²) in [6.07, 6.45) is 3.73. The Kier molecular flexibility index (Phi) is 5.48. The van der Waals surface area contributed by atoms with Crippen LogP contribution in [0, 0.1) is 0 Å². The molecule has 0 radical (unpaired) electrons. The summed E-state index contributed by atoms with van der Waals surface area (Å²) in [4.78, 5) is 22.6. The molecule has 1 saturated heterocycles. The highest BCUT2D eigenvalue weighted by atomic mass is 16.5. The molecule has 2 aromatic carbocycles. The summed E-state index contributed by atoms with van der Waals surface area (Å²) in [5, 5.41) is 23.0. The molecule has 2 aromatic heterocycles. The van der Waals surface area contributed by atoms with Crippen molar-refractivity contribution in [3.63, 3.8) is 0 Å². The van der Waals surface area contributed by atoms with E-state index in [1.165, 1.54) is 0 Å². The van der Waals surface area contributed by atoms with Crippen LogP contribution >= 0.6 is 0 Å². The molecule has 0 saturated carbocycles. The molecule has 2 N–H and O–H groups in total. The fraction of sp³-hybridized carbons (Fsp3) is 0.346. The van der Waals surface area contributed by atoms with Crippen molar-refractivity contribution < 1.29 is 14.9 Å². The molecule has 4 aromatic rings. The maximum atomic E-state index is 13.5. The molecule has 7 nitrogen and oxygen atoms in total. The zero-order chi connectivity index (χ0) is 23.2. The van der Waals surface area contributed by atoms with Crippen LogP contribution in [0.3, 0.4) is 0 Å². The number of fused-ring (bicyclic) bond motifs is 3. The van der Waals surface area contributed by atoms with Crippen LogP contribution in [0.5, 0.6) is 0 Å². The molecule has 2 unspecified atom stereocenters. The van der Waals surface area contributed by atoms with Crippen molar-refractivity contribution in [3.8, 4) is 0 Å². The molecule has 1 aliphatic rings. The summed E-state index contributed by atoms with van der Waals surface area (Å²) in [5.41, 5.74) is 2.09. The summed E-state index contributed by atoms with van der Waals surface area (Å²) in [6, 6.07) is 13.3. The van der Waals surface area contributed by atoms with Crippen LogP contribution in [0.1, 0.15) is 43.1 Å². The van der Waals surface area contributed by atoms with Crippen LogP contribution in [-0.2, 0) is 16.8 Å². The molecule has 1 aliphatic heterocycles. The Morgan fingerprint density at radius 2 is 1.91 bits per heavy atom. The lowest BCUT2D eigenvalue weighted by Gasteiger charge is -2.29. The first-order valence-corrected chi connectivity index (χ1v) is 11.2. The van der Waals surface area contributed by atoms with E-state index in [-0.39, 0.29) is 18.2 Å². The maximum Gasteiger partial charge on any atom is 0.261 e. The van der Waals surface area contributed by atoms with Crippen molar-refractivity contribution in [1.82, 2.24) is 14.5 Å². The van der Waals surface area contributed by atoms with E-state index in [1.54, 1.807) is 30.9 Å². The molecule has 7 heteroatoms. The van der Waals surface area contributed by atoms with Gasteiger partial charge in [-0.1, -0.05) is 30.3 Å². The van der Waals surface area contributed by atoms with Gasteiger partial charge in [0.1, 0.15) is 5.60 Å². The summed E-state index contributed by atoms with van der Waals surface area (Å²) in [5.74, 6) is 0. The first-order valence-electron chi connectivity index (χ1n) is 11.2. The Balaban J connectivity index is 1.63. The van der Waals surface area contributed by atoms with Gasteiger partial charge in [-0.3, -0.25) is 14.3 Å². The van der Waals surface area contributed by atoms with Crippen LogP contribution in [0.15, 0.2) is 59.8 Å². The van der Waals surface area contributed by atoms with Crippen molar-refractivity contribution in [2.75, 3.05) is 13.2 Å². The Hall–Kier alpha value is -3.13. The number of hydrogen-bond donors (Lipinski definition) is 2. The van der Waals surface area contributed by atoms with Crippen molar-refractivity contribution in [1.29, 1.82) is 0 Å². The minimum atomic E-state index is -1.00. The topological polar surface area (TPSA) is 97.5 Å². The third-order valence-electron chi connectivity index (χ3n) is 6.37. The highest BCUT2D eigenvalue weighted by Gasteiger charge is 2.27. The van der Waals surface area contributed by atoms with Crippen molar-refractivity contribution >= 4 is 21.7 Å². The summed E-state index contributed by atoms with van der Waals surface area (Å²) in [6.45, 7) is 4.13. The summed E-state index contributed by atoms with van der Waals surface area (Å²) < 4.78 is 6.88. The molecule has 3 heterocycles. The number of ether oxygens (including phenoxy) is 1. The third kappa shape index (κ3) is 4.04. The van der Waals surface area contributed by atoms with Gasteiger partial charge >= 0.3 is 0 Å². The van der Waals surface area contributed by atoms with Gasteiger partial charge in [0.2, 0.25) is 0 Å². The third-order valence-corrected chi connectivity index (χ3v) is 6.37. The van der Waals surface area contributed by atoms with Crippen molar-refractivity contribution in [3.05, 3.63) is 82.2 Å². The average Bonchev–Trinajstić information content (AvgIpc) is 2.80. The molecule has 1 fully saturated rings. The molecule has 0 spiro atoms. The minimum Gasteiger partial charge on any atom is -0.389 e. The van der Waals surface area contributed by atoms with Crippen molar-refractivity contribution in [2.24, 2.45) is 0 Å². The average molecular weight is 446 g/mol. The van der Waals surface area contributed by atoms with E-state index < -0.39 is 11.7 Å². The second-order valence-electron chi connectivity index (χ2n) is 9.22. The minimum absolute atomic E-state index is 0.159. The van der Waals surface area contributed by atoms with Gasteiger partial charge in [-0.25, -0.2) is 4.98 Å². The number of aliphatic hydroxyl groups excluding tert-OH is 1. The largest absolute Gasteiger partial charge is 0.389 e. The molecular weight excluding hydrogens is 418 g/mol. The van der Waals surface area contributed by atoms with E-state index >= 15 is 0 Å². The Labute approximate surface area is 191 Å².